The maximum absolute atomic E-state index is 11.2. The summed E-state index contributed by atoms with van der Waals surface area (Å²) in [6.45, 7) is 0. The highest BCUT2D eigenvalue weighted by molar-refractivity contribution is 5.70. The lowest BCUT2D eigenvalue weighted by molar-refractivity contribution is 1.02. The van der Waals surface area contributed by atoms with E-state index >= 15 is 0 Å². The van der Waals surface area contributed by atoms with Gasteiger partial charge in [0.1, 0.15) is 6.33 Å². The summed E-state index contributed by atoms with van der Waals surface area (Å²) in [4.78, 5) is 21.0. The summed E-state index contributed by atoms with van der Waals surface area (Å²) in [6.07, 6.45) is 1.30. The lowest BCUT2D eigenvalue weighted by atomic mass is 10.5. The molecule has 0 atom stereocenters. The Morgan fingerprint density at radius 2 is 2.33 bits per heavy atom. The van der Waals surface area contributed by atoms with Crippen LogP contribution < -0.4 is 17.1 Å². The third-order valence-corrected chi connectivity index (χ3v) is 1.46. The van der Waals surface area contributed by atoms with Crippen LogP contribution in [0.1, 0.15) is 0 Å². The van der Waals surface area contributed by atoms with Gasteiger partial charge in [0.15, 0.2) is 11.2 Å². The summed E-state index contributed by atoms with van der Waals surface area (Å²) >= 11 is 0. The lowest BCUT2D eigenvalue weighted by Gasteiger charge is -1.93. The number of hydrogen-bond acceptors (Lipinski definition) is 5. The van der Waals surface area contributed by atoms with Crippen LogP contribution in [-0.2, 0) is 0 Å². The molecule has 2 aromatic rings. The van der Waals surface area contributed by atoms with Crippen LogP contribution in [0.4, 0.5) is 5.95 Å². The summed E-state index contributed by atoms with van der Waals surface area (Å²) in [5.41, 5.74) is 5.35. The molecule has 0 aliphatic rings. The monoisotopic (exact) mass is 166 g/mol. The van der Waals surface area contributed by atoms with Gasteiger partial charge in [0.2, 0.25) is 5.95 Å². The molecule has 0 saturated heterocycles. The zero-order valence-electron chi connectivity index (χ0n) is 5.98. The number of aromatic nitrogens is 4. The van der Waals surface area contributed by atoms with Crippen LogP contribution in [0, 0.1) is 0 Å². The largest absolute Gasteiger partial charge is 0.369 e. The van der Waals surface area contributed by atoms with E-state index in [0.29, 0.717) is 0 Å². The van der Waals surface area contributed by atoms with Crippen molar-refractivity contribution >= 4 is 17.1 Å². The van der Waals surface area contributed by atoms with Gasteiger partial charge in [-0.1, -0.05) is 0 Å². The van der Waals surface area contributed by atoms with Gasteiger partial charge in [0.05, 0.1) is 0 Å². The van der Waals surface area contributed by atoms with E-state index in [1.807, 2.05) is 0 Å². The number of nitrogens with zero attached hydrogens (tertiary/aromatic N) is 3. The van der Waals surface area contributed by atoms with Crippen LogP contribution in [-0.4, -0.2) is 19.6 Å². The Kier molecular flexibility index (Phi) is 1.09. The number of nitrogens with two attached hydrogens (primary N) is 2. The molecule has 0 aliphatic carbocycles. The van der Waals surface area contributed by atoms with E-state index in [9.17, 15) is 4.79 Å². The minimum absolute atomic E-state index is 0.0335. The van der Waals surface area contributed by atoms with Gasteiger partial charge in [-0.15, -0.1) is 0 Å². The zero-order valence-corrected chi connectivity index (χ0v) is 5.98. The van der Waals surface area contributed by atoms with Crippen LogP contribution in [0.15, 0.2) is 11.1 Å². The predicted molar refractivity (Wildman–Crippen MR) is 42.7 cm³/mol. The Balaban J connectivity index is 3.03. The summed E-state index contributed by atoms with van der Waals surface area (Å²) < 4.78 is 1.10. The van der Waals surface area contributed by atoms with Gasteiger partial charge in [0, 0.05) is 0 Å². The van der Waals surface area contributed by atoms with Crippen molar-refractivity contribution in [3.63, 3.8) is 0 Å². The first kappa shape index (κ1) is 6.65. The Hall–Kier alpha value is -2.05. The molecule has 12 heavy (non-hydrogen) atoms. The smallest absolute Gasteiger partial charge is 0.280 e. The predicted octanol–water partition coefficient (Wildman–Crippen LogP) is -1.58. The van der Waals surface area contributed by atoms with Crippen LogP contribution >= 0.6 is 0 Å². The topological polar surface area (TPSA) is 116 Å². The van der Waals surface area contributed by atoms with Gasteiger partial charge in [-0.25, -0.2) is 9.66 Å². The first-order valence-electron chi connectivity index (χ1n) is 3.16. The first-order valence-corrected chi connectivity index (χ1v) is 3.16. The third-order valence-electron chi connectivity index (χ3n) is 1.46. The highest BCUT2D eigenvalue weighted by atomic mass is 16.1. The van der Waals surface area contributed by atoms with Crippen molar-refractivity contribution < 1.29 is 0 Å². The van der Waals surface area contributed by atoms with Crippen molar-refractivity contribution in [2.45, 2.75) is 0 Å². The molecule has 62 valence electrons. The molecule has 0 amide bonds. The van der Waals surface area contributed by atoms with Gasteiger partial charge in [-0.3, -0.25) is 9.78 Å². The Labute approximate surface area is 66.0 Å². The van der Waals surface area contributed by atoms with E-state index in [1.54, 1.807) is 0 Å². The number of aromatic amines is 1. The minimum atomic E-state index is -0.391. The van der Waals surface area contributed by atoms with Gasteiger partial charge in [0.25, 0.3) is 5.56 Å². The van der Waals surface area contributed by atoms with E-state index in [4.69, 9.17) is 11.6 Å². The summed E-state index contributed by atoms with van der Waals surface area (Å²) in [5.74, 6) is 5.41. The van der Waals surface area contributed by atoms with E-state index in [1.165, 1.54) is 6.33 Å². The molecule has 5 N–H and O–H groups in total. The number of nitrogens with one attached hydrogen (secondary N) is 1. The molecule has 0 aromatic carbocycles. The molecule has 0 unspecified atom stereocenters. The highest BCUT2D eigenvalue weighted by Crippen LogP contribution is 2.01. The molecule has 7 heteroatoms. The van der Waals surface area contributed by atoms with Crippen LogP contribution in [0.5, 0.6) is 0 Å². The maximum Gasteiger partial charge on any atom is 0.280 e. The van der Waals surface area contributed by atoms with Gasteiger partial charge in [-0.05, 0) is 0 Å². The second-order valence-corrected chi connectivity index (χ2v) is 2.28. The van der Waals surface area contributed by atoms with Crippen molar-refractivity contribution in [2.75, 3.05) is 11.6 Å². The molecule has 2 rings (SSSR count). The number of nitrogen functional groups attached to an aromatic ring is 2. The summed E-state index contributed by atoms with van der Waals surface area (Å²) in [6, 6.07) is 0. The highest BCUT2D eigenvalue weighted by Gasteiger charge is 2.06. The van der Waals surface area contributed by atoms with Crippen LogP contribution in [0.2, 0.25) is 0 Å². The van der Waals surface area contributed by atoms with E-state index in [2.05, 4.69) is 15.0 Å². The van der Waals surface area contributed by atoms with Crippen molar-refractivity contribution in [3.05, 3.63) is 16.7 Å². The van der Waals surface area contributed by atoms with E-state index in [-0.39, 0.29) is 17.1 Å². The second-order valence-electron chi connectivity index (χ2n) is 2.28. The number of hydrogen-bond donors (Lipinski definition) is 3. The molecule has 0 saturated carbocycles. The minimum Gasteiger partial charge on any atom is -0.369 e. The fraction of sp³-hybridized carbons (Fsp3) is 0. The van der Waals surface area contributed by atoms with Crippen molar-refractivity contribution in [1.29, 1.82) is 0 Å². The fourth-order valence-corrected chi connectivity index (χ4v) is 0.969. The molecule has 0 aliphatic heterocycles. The summed E-state index contributed by atoms with van der Waals surface area (Å²) in [7, 11) is 0. The quantitative estimate of drug-likeness (QED) is 0.408. The second kappa shape index (κ2) is 1.97. The number of fused-ring (bicyclic) bond motifs is 1. The average Bonchev–Trinajstić information content (AvgIpc) is 2.31. The lowest BCUT2D eigenvalue weighted by Crippen LogP contribution is -2.17. The Bertz CT molecular complexity index is 482. The summed E-state index contributed by atoms with van der Waals surface area (Å²) in [5, 5.41) is 0. The van der Waals surface area contributed by atoms with E-state index < -0.39 is 5.56 Å². The molecule has 0 radical (unpaired) electrons. The number of H-pyrrole nitrogens is 1. The molecule has 0 spiro atoms. The van der Waals surface area contributed by atoms with Crippen molar-refractivity contribution in [2.24, 2.45) is 0 Å². The molecule has 2 heterocycles. The van der Waals surface area contributed by atoms with Crippen LogP contribution in [0.25, 0.3) is 11.2 Å². The zero-order chi connectivity index (χ0) is 8.72. The Morgan fingerprint density at radius 1 is 1.58 bits per heavy atom. The maximum atomic E-state index is 11.2. The van der Waals surface area contributed by atoms with Crippen LogP contribution in [0.3, 0.4) is 0 Å². The van der Waals surface area contributed by atoms with Gasteiger partial charge < -0.3 is 11.6 Å². The normalized spacial score (nSPS) is 10.7. The number of imidazole rings is 1. The van der Waals surface area contributed by atoms with E-state index in [0.717, 1.165) is 4.68 Å². The average molecular weight is 166 g/mol. The van der Waals surface area contributed by atoms with Gasteiger partial charge in [-0.2, -0.15) is 4.98 Å². The Morgan fingerprint density at radius 3 is 3.08 bits per heavy atom. The standard InChI is InChI=1S/C5H6N6O/c6-5-9-3-2(4(12)10-5)11(7)1-8-3/h1H,7H2,(H3,6,9,10,12). The van der Waals surface area contributed by atoms with Gasteiger partial charge >= 0.3 is 0 Å². The third kappa shape index (κ3) is 0.729. The van der Waals surface area contributed by atoms with Crippen molar-refractivity contribution in [3.8, 4) is 0 Å². The molecule has 2 aromatic heterocycles. The fourth-order valence-electron chi connectivity index (χ4n) is 0.969. The molecular weight excluding hydrogens is 160 g/mol. The molecular formula is C5H6N6O. The molecule has 7 nitrogen and oxygen atoms in total. The molecule has 0 fully saturated rings. The molecule has 0 bridgehead atoms. The SMILES string of the molecule is Nc1nc2ncn(N)c2c(=O)[nH]1. The number of anilines is 1. The number of rotatable bonds is 0. The van der Waals surface area contributed by atoms with Crippen molar-refractivity contribution in [1.82, 2.24) is 19.6 Å². The first-order chi connectivity index (χ1) is 5.68.